The number of benzene rings is 1. The molecule has 2 nitrogen and oxygen atoms in total. The van der Waals surface area contributed by atoms with Crippen molar-refractivity contribution in [2.75, 3.05) is 0 Å². The predicted molar refractivity (Wildman–Crippen MR) is 66.8 cm³/mol. The van der Waals surface area contributed by atoms with Gasteiger partial charge in [-0.2, -0.15) is 0 Å². The summed E-state index contributed by atoms with van der Waals surface area (Å²) in [6.45, 7) is 0. The van der Waals surface area contributed by atoms with Crippen LogP contribution in [0, 0.1) is 5.82 Å². The third-order valence-electron chi connectivity index (χ3n) is 2.15. The highest BCUT2D eigenvalue weighted by atomic mass is 79.9. The molecule has 0 aliphatic carbocycles. The van der Waals surface area contributed by atoms with E-state index in [1.807, 2.05) is 0 Å². The van der Waals surface area contributed by atoms with Crippen LogP contribution in [-0.2, 0) is 0 Å². The summed E-state index contributed by atoms with van der Waals surface area (Å²) >= 11 is 9.12. The van der Waals surface area contributed by atoms with Gasteiger partial charge in [-0.3, -0.25) is 9.78 Å². The molecule has 0 fully saturated rings. The van der Waals surface area contributed by atoms with Gasteiger partial charge in [-0.25, -0.2) is 4.39 Å². The van der Waals surface area contributed by atoms with E-state index in [1.54, 1.807) is 12.1 Å². The van der Waals surface area contributed by atoms with Crippen molar-refractivity contribution in [1.29, 1.82) is 0 Å². The first-order valence-electron chi connectivity index (χ1n) is 4.68. The van der Waals surface area contributed by atoms with E-state index in [-0.39, 0.29) is 11.3 Å². The summed E-state index contributed by atoms with van der Waals surface area (Å²) in [6, 6.07) is 5.95. The van der Waals surface area contributed by atoms with Gasteiger partial charge in [0.1, 0.15) is 5.82 Å². The highest BCUT2D eigenvalue weighted by molar-refractivity contribution is 9.10. The minimum absolute atomic E-state index is 0.198. The van der Waals surface area contributed by atoms with Gasteiger partial charge >= 0.3 is 0 Å². The molecule has 2 rings (SSSR count). The van der Waals surface area contributed by atoms with Crippen molar-refractivity contribution >= 4 is 33.3 Å². The number of carbonyl (C=O) groups excluding carboxylic acids is 1. The predicted octanol–water partition coefficient (Wildman–Crippen LogP) is 3.87. The van der Waals surface area contributed by atoms with Crippen molar-refractivity contribution in [2.45, 2.75) is 0 Å². The Kier molecular flexibility index (Phi) is 3.54. The van der Waals surface area contributed by atoms with E-state index in [2.05, 4.69) is 20.9 Å². The molecule has 0 aliphatic heterocycles. The van der Waals surface area contributed by atoms with E-state index in [1.165, 1.54) is 12.3 Å². The molecule has 0 bridgehead atoms. The second-order valence-corrected chi connectivity index (χ2v) is 4.61. The molecule has 0 radical (unpaired) electrons. The molecule has 1 heterocycles. The van der Waals surface area contributed by atoms with Crippen LogP contribution in [-0.4, -0.2) is 10.8 Å². The summed E-state index contributed by atoms with van der Waals surface area (Å²) in [5.74, 6) is -0.856. The second kappa shape index (κ2) is 4.94. The van der Waals surface area contributed by atoms with Crippen molar-refractivity contribution in [2.24, 2.45) is 0 Å². The molecule has 5 heteroatoms. The summed E-state index contributed by atoms with van der Waals surface area (Å²) in [6.07, 6.45) is 2.37. The van der Waals surface area contributed by atoms with Crippen LogP contribution in [0.15, 0.2) is 41.1 Å². The highest BCUT2D eigenvalue weighted by Crippen LogP contribution is 2.24. The molecule has 0 aliphatic rings. The highest BCUT2D eigenvalue weighted by Gasteiger charge is 2.11. The molecule has 1 aromatic carbocycles. The average Bonchev–Trinajstić information content (AvgIpc) is 2.32. The van der Waals surface area contributed by atoms with Crippen molar-refractivity contribution in [3.8, 4) is 0 Å². The fraction of sp³-hybridized carbons (Fsp3) is 0. The molecule has 17 heavy (non-hydrogen) atoms. The SMILES string of the molecule is O=C(c1cncc(F)c1)c1ccc(Br)c(Cl)c1. The van der Waals surface area contributed by atoms with E-state index < -0.39 is 5.82 Å². The Hall–Kier alpha value is -1.26. The number of hydrogen-bond donors (Lipinski definition) is 0. The molecular formula is C12H6BrClFNO. The number of hydrogen-bond acceptors (Lipinski definition) is 2. The topological polar surface area (TPSA) is 30.0 Å². The van der Waals surface area contributed by atoms with Crippen LogP contribution in [0.1, 0.15) is 15.9 Å². The number of nitrogens with zero attached hydrogens (tertiary/aromatic N) is 1. The first-order chi connectivity index (χ1) is 8.08. The standard InChI is InChI=1S/C12H6BrClFNO/c13-10-2-1-7(4-11(10)14)12(17)8-3-9(15)6-16-5-8/h1-6H. The van der Waals surface area contributed by atoms with E-state index in [0.717, 1.165) is 12.3 Å². The van der Waals surface area contributed by atoms with E-state index >= 15 is 0 Å². The summed E-state index contributed by atoms with van der Waals surface area (Å²) in [4.78, 5) is 15.6. The van der Waals surface area contributed by atoms with E-state index in [0.29, 0.717) is 15.1 Å². The first-order valence-corrected chi connectivity index (χ1v) is 5.85. The van der Waals surface area contributed by atoms with Crippen LogP contribution in [0.4, 0.5) is 4.39 Å². The molecule has 0 saturated heterocycles. The second-order valence-electron chi connectivity index (χ2n) is 3.35. The van der Waals surface area contributed by atoms with Crippen LogP contribution in [0.3, 0.4) is 0 Å². The quantitative estimate of drug-likeness (QED) is 0.788. The minimum atomic E-state index is -0.543. The Labute approximate surface area is 111 Å². The fourth-order valence-electron chi connectivity index (χ4n) is 1.34. The van der Waals surface area contributed by atoms with Crippen LogP contribution in [0.5, 0.6) is 0 Å². The third kappa shape index (κ3) is 2.70. The van der Waals surface area contributed by atoms with Gasteiger partial charge in [-0.05, 0) is 40.2 Å². The smallest absolute Gasteiger partial charge is 0.194 e. The zero-order valence-corrected chi connectivity index (χ0v) is 10.8. The van der Waals surface area contributed by atoms with Gasteiger partial charge in [-0.1, -0.05) is 11.6 Å². The fourth-order valence-corrected chi connectivity index (χ4v) is 1.77. The molecule has 0 atom stereocenters. The van der Waals surface area contributed by atoms with Crippen molar-refractivity contribution in [1.82, 2.24) is 4.98 Å². The Balaban J connectivity index is 2.40. The van der Waals surface area contributed by atoms with E-state index in [9.17, 15) is 9.18 Å². The minimum Gasteiger partial charge on any atom is -0.289 e. The number of carbonyl (C=O) groups is 1. The Bertz CT molecular complexity index is 588. The normalized spacial score (nSPS) is 10.3. The zero-order chi connectivity index (χ0) is 12.4. The monoisotopic (exact) mass is 313 g/mol. The lowest BCUT2D eigenvalue weighted by molar-refractivity contribution is 0.103. The molecule has 0 N–H and O–H groups in total. The molecule has 86 valence electrons. The van der Waals surface area contributed by atoms with E-state index in [4.69, 9.17) is 11.6 Å². The van der Waals surface area contributed by atoms with Crippen LogP contribution < -0.4 is 0 Å². The molecule has 0 spiro atoms. The maximum Gasteiger partial charge on any atom is 0.194 e. The maximum atomic E-state index is 12.9. The van der Waals surface area contributed by atoms with Gasteiger partial charge in [-0.15, -0.1) is 0 Å². The van der Waals surface area contributed by atoms with Crippen LogP contribution >= 0.6 is 27.5 Å². The summed E-state index contributed by atoms with van der Waals surface area (Å²) in [7, 11) is 0. The van der Waals surface area contributed by atoms with Crippen LogP contribution in [0.25, 0.3) is 0 Å². The molecule has 0 amide bonds. The maximum absolute atomic E-state index is 12.9. The number of aromatic nitrogens is 1. The first kappa shape index (κ1) is 12.2. The number of halogens is 3. The molecule has 0 saturated carbocycles. The number of pyridine rings is 1. The lowest BCUT2D eigenvalue weighted by Crippen LogP contribution is -2.02. The Morgan fingerprint density at radius 3 is 2.65 bits per heavy atom. The van der Waals surface area contributed by atoms with Gasteiger partial charge in [0.05, 0.1) is 11.2 Å². The largest absolute Gasteiger partial charge is 0.289 e. The van der Waals surface area contributed by atoms with Crippen LogP contribution in [0.2, 0.25) is 5.02 Å². The summed E-state index contributed by atoms with van der Waals surface area (Å²) in [5, 5.41) is 0.431. The van der Waals surface area contributed by atoms with Crippen molar-refractivity contribution < 1.29 is 9.18 Å². The molecule has 0 unspecified atom stereocenters. The van der Waals surface area contributed by atoms with Crippen molar-refractivity contribution in [3.05, 3.63) is 63.1 Å². The summed E-state index contributed by atoms with van der Waals surface area (Å²) in [5.41, 5.74) is 0.592. The molecular weight excluding hydrogens is 308 g/mol. The molecule has 1 aromatic heterocycles. The Morgan fingerprint density at radius 2 is 2.00 bits per heavy atom. The Morgan fingerprint density at radius 1 is 1.24 bits per heavy atom. The van der Waals surface area contributed by atoms with Gasteiger partial charge in [0.2, 0.25) is 0 Å². The van der Waals surface area contributed by atoms with Gasteiger partial charge < -0.3 is 0 Å². The molecule has 2 aromatic rings. The van der Waals surface area contributed by atoms with Gasteiger partial charge in [0, 0.05) is 21.8 Å². The number of rotatable bonds is 2. The third-order valence-corrected chi connectivity index (χ3v) is 3.38. The average molecular weight is 315 g/mol. The summed E-state index contributed by atoms with van der Waals surface area (Å²) < 4.78 is 13.6. The van der Waals surface area contributed by atoms with Crippen molar-refractivity contribution in [3.63, 3.8) is 0 Å². The number of ketones is 1. The van der Waals surface area contributed by atoms with Gasteiger partial charge in [0.15, 0.2) is 5.78 Å². The zero-order valence-electron chi connectivity index (χ0n) is 8.45. The lowest BCUT2D eigenvalue weighted by Gasteiger charge is -2.02. The lowest BCUT2D eigenvalue weighted by atomic mass is 10.1. The van der Waals surface area contributed by atoms with Gasteiger partial charge in [0.25, 0.3) is 0 Å².